The Balaban J connectivity index is 2.60. The number of aryl methyl sites for hydroxylation is 1. The lowest BCUT2D eigenvalue weighted by atomic mass is 9.93. The van der Waals surface area contributed by atoms with Crippen LogP contribution in [0.5, 0.6) is 28.7 Å². The first kappa shape index (κ1) is 22.1. The largest absolute Gasteiger partial charge is 0.496 e. The van der Waals surface area contributed by atoms with Crippen LogP contribution in [0.25, 0.3) is 21.5 Å². The van der Waals surface area contributed by atoms with Crippen LogP contribution >= 0.6 is 0 Å². The molecule has 3 aromatic carbocycles. The predicted octanol–water partition coefficient (Wildman–Crippen LogP) is 4.69. The fraction of sp³-hybridized carbons (Fsp3) is 0.292. The summed E-state index contributed by atoms with van der Waals surface area (Å²) in [6.45, 7) is 5.49. The van der Waals surface area contributed by atoms with Crippen molar-refractivity contribution in [3.63, 3.8) is 0 Å². The van der Waals surface area contributed by atoms with Gasteiger partial charge < -0.3 is 28.4 Å². The molecule has 0 aliphatic rings. The van der Waals surface area contributed by atoms with Crippen molar-refractivity contribution in [2.24, 2.45) is 0 Å². The normalized spacial score (nSPS) is 10.6. The summed E-state index contributed by atoms with van der Waals surface area (Å²) in [5, 5.41) is 2.75. The van der Waals surface area contributed by atoms with Crippen LogP contribution < -0.4 is 23.7 Å². The molecule has 0 saturated carbocycles. The zero-order chi connectivity index (χ0) is 22.7. The highest BCUT2D eigenvalue weighted by Crippen LogP contribution is 2.52. The van der Waals surface area contributed by atoms with Gasteiger partial charge in [0.1, 0.15) is 40.9 Å². The molecule has 0 radical (unpaired) electrons. The standard InChI is InChI=1S/C24H26O7/c1-8-11-31-24(25)19-13(2)18-14(12-17(19)28-5)22(29-6)20-15(26-3)9-10-16(27-4)21(20)23(18)30-7/h8-10,12H,1,11H2,2-7H3. The molecule has 31 heavy (non-hydrogen) atoms. The third-order valence-electron chi connectivity index (χ3n) is 5.20. The Morgan fingerprint density at radius 1 is 0.839 bits per heavy atom. The number of benzene rings is 3. The number of carbonyl (C=O) groups is 1. The molecule has 0 aromatic heterocycles. The molecule has 0 bridgehead atoms. The molecule has 0 aliphatic carbocycles. The summed E-state index contributed by atoms with van der Waals surface area (Å²) in [7, 11) is 7.81. The maximum Gasteiger partial charge on any atom is 0.342 e. The van der Waals surface area contributed by atoms with Crippen LogP contribution in [0.1, 0.15) is 15.9 Å². The van der Waals surface area contributed by atoms with Crippen LogP contribution in [0.15, 0.2) is 30.9 Å². The summed E-state index contributed by atoms with van der Waals surface area (Å²) in [6.07, 6.45) is 1.51. The Morgan fingerprint density at radius 2 is 1.39 bits per heavy atom. The monoisotopic (exact) mass is 426 g/mol. The van der Waals surface area contributed by atoms with Crippen molar-refractivity contribution in [1.82, 2.24) is 0 Å². The molecule has 164 valence electrons. The number of hydrogen-bond donors (Lipinski definition) is 0. The van der Waals surface area contributed by atoms with E-state index in [2.05, 4.69) is 6.58 Å². The second kappa shape index (κ2) is 9.04. The first-order chi connectivity index (χ1) is 15.0. The average Bonchev–Trinajstić information content (AvgIpc) is 2.79. The van der Waals surface area contributed by atoms with Crippen LogP contribution in [0.2, 0.25) is 0 Å². The Hall–Kier alpha value is -3.61. The minimum absolute atomic E-state index is 0.0860. The molecule has 0 heterocycles. The lowest BCUT2D eigenvalue weighted by molar-refractivity contribution is 0.0545. The fourth-order valence-corrected chi connectivity index (χ4v) is 3.91. The quantitative estimate of drug-likeness (QED) is 0.294. The summed E-state index contributed by atoms with van der Waals surface area (Å²) in [6, 6.07) is 5.35. The molecule has 0 N–H and O–H groups in total. The van der Waals surface area contributed by atoms with E-state index in [1.54, 1.807) is 46.6 Å². The third-order valence-corrected chi connectivity index (χ3v) is 5.20. The van der Waals surface area contributed by atoms with E-state index in [1.165, 1.54) is 13.2 Å². The first-order valence-electron chi connectivity index (χ1n) is 9.56. The van der Waals surface area contributed by atoms with Gasteiger partial charge in [-0.05, 0) is 30.7 Å². The van der Waals surface area contributed by atoms with Crippen LogP contribution in [0.4, 0.5) is 0 Å². The molecule has 3 rings (SSSR count). The highest BCUT2D eigenvalue weighted by molar-refractivity contribution is 6.18. The van der Waals surface area contributed by atoms with Crippen molar-refractivity contribution in [3.8, 4) is 28.7 Å². The number of ether oxygens (including phenoxy) is 6. The number of hydrogen-bond acceptors (Lipinski definition) is 7. The molecule has 7 nitrogen and oxygen atoms in total. The smallest absolute Gasteiger partial charge is 0.342 e. The summed E-state index contributed by atoms with van der Waals surface area (Å²) in [5.74, 6) is 2.10. The summed E-state index contributed by atoms with van der Waals surface area (Å²) >= 11 is 0. The van der Waals surface area contributed by atoms with Gasteiger partial charge in [-0.2, -0.15) is 0 Å². The molecule has 0 aliphatic heterocycles. The van der Waals surface area contributed by atoms with Gasteiger partial charge in [0.25, 0.3) is 0 Å². The van der Waals surface area contributed by atoms with Gasteiger partial charge in [0.15, 0.2) is 0 Å². The van der Waals surface area contributed by atoms with E-state index in [1.807, 2.05) is 6.92 Å². The SMILES string of the molecule is C=CCOC(=O)c1c(OC)cc2c(OC)c3c(OC)ccc(OC)c3c(OC)c2c1C. The van der Waals surface area contributed by atoms with Gasteiger partial charge in [0.05, 0.1) is 46.3 Å². The second-order valence-corrected chi connectivity index (χ2v) is 6.68. The molecule has 0 fully saturated rings. The van der Waals surface area contributed by atoms with E-state index >= 15 is 0 Å². The number of esters is 1. The van der Waals surface area contributed by atoms with Crippen LogP contribution in [0.3, 0.4) is 0 Å². The Labute approximate surface area is 181 Å². The minimum atomic E-state index is -0.519. The zero-order valence-electron chi connectivity index (χ0n) is 18.6. The molecular weight excluding hydrogens is 400 g/mol. The molecule has 0 saturated heterocycles. The van der Waals surface area contributed by atoms with Gasteiger partial charge in [-0.1, -0.05) is 12.7 Å². The number of methoxy groups -OCH3 is 5. The summed E-state index contributed by atoms with van der Waals surface area (Å²) < 4.78 is 33.7. The molecule has 3 aromatic rings. The van der Waals surface area contributed by atoms with Gasteiger partial charge in [-0.25, -0.2) is 4.79 Å². The summed E-state index contributed by atoms with van der Waals surface area (Å²) in [5.41, 5.74) is 0.934. The zero-order valence-corrected chi connectivity index (χ0v) is 18.6. The highest BCUT2D eigenvalue weighted by Gasteiger charge is 2.28. The van der Waals surface area contributed by atoms with E-state index < -0.39 is 5.97 Å². The maximum absolute atomic E-state index is 12.8. The van der Waals surface area contributed by atoms with Crippen LogP contribution in [-0.4, -0.2) is 48.1 Å². The van der Waals surface area contributed by atoms with Gasteiger partial charge >= 0.3 is 5.97 Å². The number of rotatable bonds is 8. The van der Waals surface area contributed by atoms with Crippen LogP contribution in [-0.2, 0) is 4.74 Å². The van der Waals surface area contributed by atoms with Crippen molar-refractivity contribution in [3.05, 3.63) is 42.0 Å². The van der Waals surface area contributed by atoms with Crippen molar-refractivity contribution in [2.75, 3.05) is 42.2 Å². The third kappa shape index (κ3) is 3.46. The van der Waals surface area contributed by atoms with E-state index in [-0.39, 0.29) is 6.61 Å². The second-order valence-electron chi connectivity index (χ2n) is 6.68. The lowest BCUT2D eigenvalue weighted by Gasteiger charge is -2.22. The van der Waals surface area contributed by atoms with E-state index in [9.17, 15) is 4.79 Å². The fourth-order valence-electron chi connectivity index (χ4n) is 3.91. The molecule has 0 atom stereocenters. The number of carbonyl (C=O) groups excluding carboxylic acids is 1. The average molecular weight is 426 g/mol. The Kier molecular flexibility index (Phi) is 6.44. The van der Waals surface area contributed by atoms with Gasteiger partial charge in [-0.15, -0.1) is 0 Å². The van der Waals surface area contributed by atoms with Crippen molar-refractivity contribution < 1.29 is 33.2 Å². The van der Waals surface area contributed by atoms with Gasteiger partial charge in [-0.3, -0.25) is 0 Å². The van der Waals surface area contributed by atoms with Gasteiger partial charge in [0.2, 0.25) is 0 Å². The van der Waals surface area contributed by atoms with Crippen molar-refractivity contribution in [1.29, 1.82) is 0 Å². The lowest BCUT2D eigenvalue weighted by Crippen LogP contribution is -2.10. The van der Waals surface area contributed by atoms with Crippen molar-refractivity contribution in [2.45, 2.75) is 6.92 Å². The highest BCUT2D eigenvalue weighted by atomic mass is 16.5. The minimum Gasteiger partial charge on any atom is -0.496 e. The Morgan fingerprint density at radius 3 is 1.87 bits per heavy atom. The molecule has 0 amide bonds. The molecule has 7 heteroatoms. The Bertz CT molecular complexity index is 1160. The van der Waals surface area contributed by atoms with Crippen molar-refractivity contribution >= 4 is 27.5 Å². The van der Waals surface area contributed by atoms with E-state index in [4.69, 9.17) is 28.4 Å². The number of fused-ring (bicyclic) bond motifs is 2. The van der Waals surface area contributed by atoms with Crippen LogP contribution in [0, 0.1) is 6.92 Å². The maximum atomic E-state index is 12.8. The van der Waals surface area contributed by atoms with E-state index in [0.29, 0.717) is 61.4 Å². The predicted molar refractivity (Wildman–Crippen MR) is 119 cm³/mol. The topological polar surface area (TPSA) is 72.5 Å². The molecule has 0 spiro atoms. The molecular formula is C24H26O7. The van der Waals surface area contributed by atoms with E-state index in [0.717, 1.165) is 0 Å². The molecule has 0 unspecified atom stereocenters. The van der Waals surface area contributed by atoms with Gasteiger partial charge in [0, 0.05) is 10.8 Å². The first-order valence-corrected chi connectivity index (χ1v) is 9.56. The summed E-state index contributed by atoms with van der Waals surface area (Å²) in [4.78, 5) is 12.8.